The molecule has 1 amide bonds. The molecular weight excluding hydrogens is 242 g/mol. The number of fused-ring (bicyclic) bond motifs is 1. The summed E-state index contributed by atoms with van der Waals surface area (Å²) in [5.74, 6) is 0.0542. The molecule has 0 aliphatic carbocycles. The molecular formula is C14H17N3O2. The van der Waals surface area contributed by atoms with Crippen LogP contribution in [-0.2, 0) is 4.74 Å². The van der Waals surface area contributed by atoms with Crippen molar-refractivity contribution >= 4 is 16.8 Å². The number of H-pyrrole nitrogens is 1. The number of aromatic nitrogens is 2. The normalized spacial score (nSPS) is 23.8. The van der Waals surface area contributed by atoms with Crippen molar-refractivity contribution in [3.8, 4) is 0 Å². The Morgan fingerprint density at radius 3 is 2.84 bits per heavy atom. The van der Waals surface area contributed by atoms with E-state index in [0.717, 1.165) is 10.9 Å². The van der Waals surface area contributed by atoms with E-state index in [4.69, 9.17) is 4.74 Å². The number of ether oxygens (including phenoxy) is 1. The van der Waals surface area contributed by atoms with E-state index >= 15 is 0 Å². The van der Waals surface area contributed by atoms with Crippen LogP contribution in [0.15, 0.2) is 24.4 Å². The number of benzene rings is 1. The number of hydrogen-bond acceptors (Lipinski definition) is 3. The first-order chi connectivity index (χ1) is 9.13. The molecule has 1 N–H and O–H groups in total. The number of nitrogens with one attached hydrogen (secondary N) is 1. The summed E-state index contributed by atoms with van der Waals surface area (Å²) in [4.78, 5) is 14.3. The molecule has 0 saturated carbocycles. The molecule has 19 heavy (non-hydrogen) atoms. The number of carbonyl (C=O) groups excluding carboxylic acids is 1. The summed E-state index contributed by atoms with van der Waals surface area (Å²) in [6.45, 7) is 5.27. The summed E-state index contributed by atoms with van der Waals surface area (Å²) in [6.07, 6.45) is 1.93. The monoisotopic (exact) mass is 259 g/mol. The minimum Gasteiger partial charge on any atom is -0.372 e. The summed E-state index contributed by atoms with van der Waals surface area (Å²) in [5, 5.41) is 7.87. The van der Waals surface area contributed by atoms with Crippen LogP contribution in [0.25, 0.3) is 10.9 Å². The third-order valence-corrected chi connectivity index (χ3v) is 3.40. The molecule has 1 fully saturated rings. The first-order valence-corrected chi connectivity index (χ1v) is 6.51. The first-order valence-electron chi connectivity index (χ1n) is 6.51. The molecule has 1 aromatic heterocycles. The molecule has 0 bridgehead atoms. The van der Waals surface area contributed by atoms with E-state index in [0.29, 0.717) is 18.7 Å². The van der Waals surface area contributed by atoms with Crippen LogP contribution in [0.5, 0.6) is 0 Å². The highest BCUT2D eigenvalue weighted by molar-refractivity contribution is 5.97. The van der Waals surface area contributed by atoms with Crippen molar-refractivity contribution in [2.45, 2.75) is 26.1 Å². The highest BCUT2D eigenvalue weighted by Crippen LogP contribution is 2.17. The smallest absolute Gasteiger partial charge is 0.254 e. The van der Waals surface area contributed by atoms with Gasteiger partial charge in [0, 0.05) is 24.0 Å². The van der Waals surface area contributed by atoms with Crippen molar-refractivity contribution in [3.05, 3.63) is 30.0 Å². The minimum absolute atomic E-state index is 0.0542. The Hall–Kier alpha value is -1.88. The number of amides is 1. The predicted molar refractivity (Wildman–Crippen MR) is 72.0 cm³/mol. The number of rotatable bonds is 1. The first kappa shape index (κ1) is 12.2. The molecule has 5 heteroatoms. The van der Waals surface area contributed by atoms with Gasteiger partial charge in [-0.2, -0.15) is 5.10 Å². The lowest BCUT2D eigenvalue weighted by Gasteiger charge is -2.35. The second kappa shape index (κ2) is 4.66. The van der Waals surface area contributed by atoms with Crippen LogP contribution in [0.2, 0.25) is 0 Å². The third kappa shape index (κ3) is 2.33. The van der Waals surface area contributed by atoms with Gasteiger partial charge in [-0.1, -0.05) is 6.07 Å². The number of carbonyl (C=O) groups is 1. The highest BCUT2D eigenvalue weighted by atomic mass is 16.5. The molecule has 2 unspecified atom stereocenters. The van der Waals surface area contributed by atoms with Gasteiger partial charge in [0.25, 0.3) is 5.91 Å². The number of aromatic amines is 1. The molecule has 1 aliphatic rings. The van der Waals surface area contributed by atoms with Crippen molar-refractivity contribution in [1.82, 2.24) is 15.1 Å². The van der Waals surface area contributed by atoms with Crippen molar-refractivity contribution in [3.63, 3.8) is 0 Å². The standard InChI is InChI=1S/C14H17N3O2/c1-9-7-17(8-10(2)19-9)14(18)11-3-4-12-6-15-16-13(12)5-11/h3-6,9-10H,7-8H2,1-2H3,(H,15,16). The Labute approximate surface area is 111 Å². The molecule has 100 valence electrons. The quantitative estimate of drug-likeness (QED) is 0.849. The number of hydrogen-bond donors (Lipinski definition) is 1. The van der Waals surface area contributed by atoms with Gasteiger partial charge in [-0.15, -0.1) is 0 Å². The van der Waals surface area contributed by atoms with Crippen LogP contribution in [0.3, 0.4) is 0 Å². The SMILES string of the molecule is CC1CN(C(=O)c2ccc3cn[nH]c3c2)CC(C)O1. The number of morpholine rings is 1. The molecule has 2 aromatic rings. The van der Waals surface area contributed by atoms with E-state index in [9.17, 15) is 4.79 Å². The van der Waals surface area contributed by atoms with Gasteiger partial charge < -0.3 is 9.64 Å². The predicted octanol–water partition coefficient (Wildman–Crippen LogP) is 1.81. The van der Waals surface area contributed by atoms with Crippen LogP contribution in [0.4, 0.5) is 0 Å². The Bertz CT molecular complexity index is 598. The average Bonchev–Trinajstić information content (AvgIpc) is 2.83. The zero-order chi connectivity index (χ0) is 13.4. The van der Waals surface area contributed by atoms with Crippen molar-refractivity contribution in [2.24, 2.45) is 0 Å². The summed E-state index contributed by atoms with van der Waals surface area (Å²) < 4.78 is 5.65. The lowest BCUT2D eigenvalue weighted by atomic mass is 10.1. The molecule has 2 atom stereocenters. The lowest BCUT2D eigenvalue weighted by molar-refractivity contribution is -0.0586. The van der Waals surface area contributed by atoms with Crippen molar-refractivity contribution in [1.29, 1.82) is 0 Å². The fourth-order valence-corrected chi connectivity index (χ4v) is 2.60. The highest BCUT2D eigenvalue weighted by Gasteiger charge is 2.26. The second-order valence-corrected chi connectivity index (χ2v) is 5.14. The molecule has 1 aromatic carbocycles. The van der Waals surface area contributed by atoms with Gasteiger partial charge in [0.1, 0.15) is 0 Å². The summed E-state index contributed by atoms with van der Waals surface area (Å²) in [6, 6.07) is 5.62. The molecule has 2 heterocycles. The molecule has 0 spiro atoms. The van der Waals surface area contributed by atoms with Crippen LogP contribution in [-0.4, -0.2) is 46.3 Å². The zero-order valence-corrected chi connectivity index (χ0v) is 11.1. The van der Waals surface area contributed by atoms with Gasteiger partial charge in [0.05, 0.1) is 23.9 Å². The van der Waals surface area contributed by atoms with Gasteiger partial charge in [-0.25, -0.2) is 0 Å². The minimum atomic E-state index is 0.0542. The van der Waals surface area contributed by atoms with E-state index in [2.05, 4.69) is 10.2 Å². The van der Waals surface area contributed by atoms with Crippen LogP contribution < -0.4 is 0 Å². The number of nitrogens with zero attached hydrogens (tertiary/aromatic N) is 2. The second-order valence-electron chi connectivity index (χ2n) is 5.14. The van der Waals surface area contributed by atoms with E-state index in [1.807, 2.05) is 36.9 Å². The van der Waals surface area contributed by atoms with Crippen LogP contribution >= 0.6 is 0 Å². The zero-order valence-electron chi connectivity index (χ0n) is 11.1. The summed E-state index contributed by atoms with van der Waals surface area (Å²) >= 11 is 0. The lowest BCUT2D eigenvalue weighted by Crippen LogP contribution is -2.48. The van der Waals surface area contributed by atoms with Crippen molar-refractivity contribution in [2.75, 3.05) is 13.1 Å². The average molecular weight is 259 g/mol. The molecule has 1 saturated heterocycles. The molecule has 5 nitrogen and oxygen atoms in total. The molecule has 1 aliphatic heterocycles. The van der Waals surface area contributed by atoms with Gasteiger partial charge in [0.15, 0.2) is 0 Å². The van der Waals surface area contributed by atoms with E-state index < -0.39 is 0 Å². The van der Waals surface area contributed by atoms with Crippen LogP contribution in [0.1, 0.15) is 24.2 Å². The van der Waals surface area contributed by atoms with E-state index in [1.165, 1.54) is 0 Å². The van der Waals surface area contributed by atoms with Gasteiger partial charge in [-0.3, -0.25) is 9.89 Å². The Morgan fingerprint density at radius 1 is 1.37 bits per heavy atom. The van der Waals surface area contributed by atoms with E-state index in [-0.39, 0.29) is 18.1 Å². The largest absolute Gasteiger partial charge is 0.372 e. The maximum Gasteiger partial charge on any atom is 0.254 e. The third-order valence-electron chi connectivity index (χ3n) is 3.40. The molecule has 0 radical (unpaired) electrons. The summed E-state index contributed by atoms with van der Waals surface area (Å²) in [7, 11) is 0. The topological polar surface area (TPSA) is 58.2 Å². The fraction of sp³-hybridized carbons (Fsp3) is 0.429. The Morgan fingerprint density at radius 2 is 2.11 bits per heavy atom. The van der Waals surface area contributed by atoms with Gasteiger partial charge >= 0.3 is 0 Å². The fourth-order valence-electron chi connectivity index (χ4n) is 2.60. The van der Waals surface area contributed by atoms with E-state index in [1.54, 1.807) is 6.20 Å². The maximum absolute atomic E-state index is 12.5. The van der Waals surface area contributed by atoms with Gasteiger partial charge in [0.2, 0.25) is 0 Å². The summed E-state index contributed by atoms with van der Waals surface area (Å²) in [5.41, 5.74) is 1.58. The maximum atomic E-state index is 12.5. The molecule has 3 rings (SSSR count). The van der Waals surface area contributed by atoms with Crippen LogP contribution in [0, 0.1) is 0 Å². The Balaban J connectivity index is 1.86. The van der Waals surface area contributed by atoms with Gasteiger partial charge in [-0.05, 0) is 26.0 Å². The van der Waals surface area contributed by atoms with Crippen molar-refractivity contribution < 1.29 is 9.53 Å². The Kier molecular flexibility index (Phi) is 2.98.